The average Bonchev–Trinajstić information content (AvgIpc) is 3.46. The molecule has 7 heteroatoms. The number of piperidine rings is 1. The number of hydrogen-bond acceptors (Lipinski definition) is 3. The van der Waals surface area contributed by atoms with E-state index in [-0.39, 0.29) is 11.8 Å². The van der Waals surface area contributed by atoms with Crippen LogP contribution in [0, 0.1) is 11.6 Å². The van der Waals surface area contributed by atoms with Crippen molar-refractivity contribution >= 4 is 11.8 Å². The van der Waals surface area contributed by atoms with Crippen LogP contribution in [0.4, 0.5) is 8.78 Å². The van der Waals surface area contributed by atoms with E-state index in [0.717, 1.165) is 38.2 Å². The van der Waals surface area contributed by atoms with Crippen LogP contribution in [0.5, 0.6) is 0 Å². The first-order chi connectivity index (χ1) is 17.4. The second kappa shape index (κ2) is 10.3. The van der Waals surface area contributed by atoms with E-state index in [1.165, 1.54) is 42.2 Å². The van der Waals surface area contributed by atoms with Gasteiger partial charge in [-0.25, -0.2) is 8.78 Å². The molecule has 1 unspecified atom stereocenters. The van der Waals surface area contributed by atoms with E-state index in [9.17, 15) is 18.4 Å². The Labute approximate surface area is 212 Å². The van der Waals surface area contributed by atoms with Gasteiger partial charge in [-0.05, 0) is 92.4 Å². The zero-order valence-electron chi connectivity index (χ0n) is 21.0. The number of hydrogen-bond donors (Lipinski definition) is 0. The van der Waals surface area contributed by atoms with E-state index in [0.29, 0.717) is 36.9 Å². The van der Waals surface area contributed by atoms with E-state index in [4.69, 9.17) is 0 Å². The molecule has 0 aromatic heterocycles. The third-order valence-corrected chi connectivity index (χ3v) is 8.53. The van der Waals surface area contributed by atoms with Gasteiger partial charge in [-0.1, -0.05) is 30.3 Å². The third kappa shape index (κ3) is 4.77. The molecule has 2 heterocycles. The minimum Gasteiger partial charge on any atom is -0.344 e. The zero-order valence-corrected chi connectivity index (χ0v) is 21.0. The smallest absolute Gasteiger partial charge is 0.249 e. The van der Waals surface area contributed by atoms with Crippen molar-refractivity contribution in [2.24, 2.45) is 0 Å². The molecular formula is C29H35F2N3O2. The van der Waals surface area contributed by atoms with Crippen LogP contribution in [-0.2, 0) is 21.4 Å². The monoisotopic (exact) mass is 495 g/mol. The van der Waals surface area contributed by atoms with Crippen LogP contribution in [-0.4, -0.2) is 66.3 Å². The summed E-state index contributed by atoms with van der Waals surface area (Å²) in [5.41, 5.74) is 3.71. The predicted octanol–water partition coefficient (Wildman–Crippen LogP) is 4.46. The number of benzene rings is 2. The van der Waals surface area contributed by atoms with Crippen molar-refractivity contribution in [3.63, 3.8) is 0 Å². The van der Waals surface area contributed by atoms with Gasteiger partial charge in [0.2, 0.25) is 11.8 Å². The van der Waals surface area contributed by atoms with Gasteiger partial charge in [-0.15, -0.1) is 0 Å². The summed E-state index contributed by atoms with van der Waals surface area (Å²) in [5, 5.41) is 0. The Kier molecular flexibility index (Phi) is 7.11. The Morgan fingerprint density at radius 2 is 1.81 bits per heavy atom. The largest absolute Gasteiger partial charge is 0.344 e. The summed E-state index contributed by atoms with van der Waals surface area (Å²) in [4.78, 5) is 31.5. The number of halogens is 2. The lowest BCUT2D eigenvalue weighted by molar-refractivity contribution is -0.143. The Morgan fingerprint density at radius 3 is 2.53 bits per heavy atom. The minimum atomic E-state index is -1.01. The van der Waals surface area contributed by atoms with E-state index < -0.39 is 17.7 Å². The van der Waals surface area contributed by atoms with Gasteiger partial charge in [-0.3, -0.25) is 9.59 Å². The molecule has 2 aromatic carbocycles. The lowest BCUT2D eigenvalue weighted by Crippen LogP contribution is -2.44. The Hall–Kier alpha value is -2.80. The molecule has 5 nitrogen and oxygen atoms in total. The average molecular weight is 496 g/mol. The van der Waals surface area contributed by atoms with Crippen LogP contribution >= 0.6 is 0 Å². The van der Waals surface area contributed by atoms with Gasteiger partial charge in [0, 0.05) is 26.6 Å². The molecule has 36 heavy (non-hydrogen) atoms. The van der Waals surface area contributed by atoms with Gasteiger partial charge >= 0.3 is 0 Å². The molecule has 0 radical (unpaired) electrons. The lowest BCUT2D eigenvalue weighted by Gasteiger charge is -2.40. The van der Waals surface area contributed by atoms with Crippen LogP contribution in [0.2, 0.25) is 0 Å². The van der Waals surface area contributed by atoms with E-state index in [1.54, 1.807) is 17.5 Å². The fourth-order valence-electron chi connectivity index (χ4n) is 6.42. The van der Waals surface area contributed by atoms with Crippen LogP contribution in [0.15, 0.2) is 42.5 Å². The quantitative estimate of drug-likeness (QED) is 0.570. The number of nitrogens with zero attached hydrogens (tertiary/aromatic N) is 3. The molecule has 3 aliphatic rings. The van der Waals surface area contributed by atoms with Gasteiger partial charge in [-0.2, -0.15) is 0 Å². The predicted molar refractivity (Wildman–Crippen MR) is 134 cm³/mol. The number of carbonyl (C=O) groups is 2. The van der Waals surface area contributed by atoms with Gasteiger partial charge < -0.3 is 14.7 Å². The SMILES string of the molecule is CN(CCCN1CCC2(CCc3ccccc32)CC1)C(=O)C(c1ccc(F)c(F)c1)N1CCCC1=O. The summed E-state index contributed by atoms with van der Waals surface area (Å²) in [7, 11) is 1.73. The first-order valence-electron chi connectivity index (χ1n) is 13.2. The molecule has 2 fully saturated rings. The fraction of sp³-hybridized carbons (Fsp3) is 0.517. The molecular weight excluding hydrogens is 460 g/mol. The molecule has 2 saturated heterocycles. The van der Waals surface area contributed by atoms with Crippen molar-refractivity contribution < 1.29 is 18.4 Å². The van der Waals surface area contributed by atoms with Gasteiger partial charge in [0.05, 0.1) is 0 Å². The highest BCUT2D eigenvalue weighted by Gasteiger charge is 2.41. The second-order valence-electron chi connectivity index (χ2n) is 10.7. The van der Waals surface area contributed by atoms with E-state index >= 15 is 0 Å². The van der Waals surface area contributed by atoms with E-state index in [1.807, 2.05) is 0 Å². The van der Waals surface area contributed by atoms with Crippen molar-refractivity contribution in [2.45, 2.75) is 56.4 Å². The van der Waals surface area contributed by atoms with Crippen molar-refractivity contribution in [3.05, 3.63) is 70.8 Å². The highest BCUT2D eigenvalue weighted by atomic mass is 19.2. The van der Waals surface area contributed by atoms with Crippen molar-refractivity contribution in [2.75, 3.05) is 39.8 Å². The topological polar surface area (TPSA) is 43.9 Å². The Balaban J connectivity index is 1.17. The van der Waals surface area contributed by atoms with Crippen molar-refractivity contribution in [1.82, 2.24) is 14.7 Å². The Bertz CT molecular complexity index is 1130. The maximum Gasteiger partial charge on any atom is 0.249 e. The number of carbonyl (C=O) groups excluding carboxylic acids is 2. The molecule has 0 saturated carbocycles. The number of fused-ring (bicyclic) bond motifs is 2. The first-order valence-corrected chi connectivity index (χ1v) is 13.2. The summed E-state index contributed by atoms with van der Waals surface area (Å²) < 4.78 is 27.5. The number of rotatable bonds is 7. The van der Waals surface area contributed by atoms with Gasteiger partial charge in [0.25, 0.3) is 0 Å². The van der Waals surface area contributed by atoms with Crippen LogP contribution in [0.1, 0.15) is 61.3 Å². The molecule has 2 aromatic rings. The molecule has 0 bridgehead atoms. The summed E-state index contributed by atoms with van der Waals surface area (Å²) in [5.74, 6) is -2.35. The summed E-state index contributed by atoms with van der Waals surface area (Å²) in [6, 6.07) is 11.4. The molecule has 1 atom stereocenters. The second-order valence-corrected chi connectivity index (χ2v) is 10.7. The van der Waals surface area contributed by atoms with Crippen LogP contribution in [0.25, 0.3) is 0 Å². The van der Waals surface area contributed by atoms with Gasteiger partial charge in [0.1, 0.15) is 6.04 Å². The van der Waals surface area contributed by atoms with E-state index in [2.05, 4.69) is 29.2 Å². The molecule has 5 rings (SSSR count). The number of amides is 2. The van der Waals surface area contributed by atoms with Crippen molar-refractivity contribution in [1.29, 1.82) is 0 Å². The summed E-state index contributed by atoms with van der Waals surface area (Å²) in [6.45, 7) is 4.03. The molecule has 0 N–H and O–H groups in total. The molecule has 1 spiro atoms. The number of likely N-dealkylation sites (N-methyl/N-ethyl adjacent to an activating group) is 1. The van der Waals surface area contributed by atoms with Gasteiger partial charge in [0.15, 0.2) is 11.6 Å². The number of aryl methyl sites for hydroxylation is 1. The maximum atomic E-state index is 14.0. The number of likely N-dealkylation sites (tertiary alicyclic amines) is 2. The lowest BCUT2D eigenvalue weighted by atomic mass is 9.74. The fourth-order valence-corrected chi connectivity index (χ4v) is 6.42. The standard InChI is InChI=1S/C29H35F2N3O2/c1-32(28(36)27(34-17-4-8-26(34)35)22-9-10-24(30)25(31)20-22)15-5-16-33-18-13-29(14-19-33)12-11-21-6-2-3-7-23(21)29/h2-3,6-7,9-10,20,27H,4-5,8,11-19H2,1H3. The summed E-state index contributed by atoms with van der Waals surface area (Å²) >= 11 is 0. The molecule has 192 valence electrons. The minimum absolute atomic E-state index is 0.123. The maximum absolute atomic E-state index is 14.0. The highest BCUT2D eigenvalue weighted by molar-refractivity contribution is 5.89. The molecule has 2 aliphatic heterocycles. The van der Waals surface area contributed by atoms with Crippen LogP contribution < -0.4 is 0 Å². The zero-order chi connectivity index (χ0) is 25.3. The van der Waals surface area contributed by atoms with Crippen LogP contribution in [0.3, 0.4) is 0 Å². The molecule has 1 aliphatic carbocycles. The summed E-state index contributed by atoms with van der Waals surface area (Å²) in [6.07, 6.45) is 6.64. The highest BCUT2D eigenvalue weighted by Crippen LogP contribution is 2.46. The van der Waals surface area contributed by atoms with Crippen molar-refractivity contribution in [3.8, 4) is 0 Å². The Morgan fingerprint density at radius 1 is 1.03 bits per heavy atom. The third-order valence-electron chi connectivity index (χ3n) is 8.53. The molecule has 2 amide bonds. The first kappa shape index (κ1) is 24.9. The normalized spacial score (nSPS) is 20.1.